The van der Waals surface area contributed by atoms with Crippen LogP contribution in [0.2, 0.25) is 0 Å². The number of hydrogen-bond donors (Lipinski definition) is 1. The van der Waals surface area contributed by atoms with Crippen LogP contribution < -0.4 is 0 Å². The molecule has 1 N–H and O–H groups in total. The maximum atomic E-state index is 11.9. The summed E-state index contributed by atoms with van der Waals surface area (Å²) >= 11 is 0. The van der Waals surface area contributed by atoms with Crippen LogP contribution in [0, 0.1) is 29.1 Å². The zero-order valence-electron chi connectivity index (χ0n) is 13.0. The van der Waals surface area contributed by atoms with Gasteiger partial charge in [-0.15, -0.1) is 0 Å². The molecule has 0 aromatic carbocycles. The van der Waals surface area contributed by atoms with Crippen LogP contribution in [0.3, 0.4) is 0 Å². The van der Waals surface area contributed by atoms with Crippen LogP contribution in [0.1, 0.15) is 59.3 Å². The molecule has 4 saturated carbocycles. The first-order valence-electron chi connectivity index (χ1n) is 8.25. The molecule has 3 nitrogen and oxygen atoms in total. The fourth-order valence-electron chi connectivity index (χ4n) is 5.08. The van der Waals surface area contributed by atoms with Gasteiger partial charge in [-0.05, 0) is 63.2 Å². The summed E-state index contributed by atoms with van der Waals surface area (Å²) in [6.07, 6.45) is 6.47. The third kappa shape index (κ3) is 2.18. The van der Waals surface area contributed by atoms with Crippen molar-refractivity contribution >= 4 is 5.97 Å². The Balaban J connectivity index is 1.67. The van der Waals surface area contributed by atoms with Crippen molar-refractivity contribution in [1.82, 2.24) is 0 Å². The Hall–Kier alpha value is -0.570. The van der Waals surface area contributed by atoms with Crippen molar-refractivity contribution < 1.29 is 14.6 Å². The number of carbonyl (C=O) groups excluding carboxylic acids is 1. The average molecular weight is 280 g/mol. The van der Waals surface area contributed by atoms with Gasteiger partial charge in [-0.1, -0.05) is 13.8 Å². The SMILES string of the molecule is CCC(C)C(=O)OCC12CC3CC(C1)C(C)(O)C(C3)C2. The summed E-state index contributed by atoms with van der Waals surface area (Å²) in [6.45, 7) is 6.56. The maximum absolute atomic E-state index is 11.9. The van der Waals surface area contributed by atoms with Gasteiger partial charge in [0.2, 0.25) is 0 Å². The molecule has 4 aliphatic carbocycles. The Labute approximate surface area is 122 Å². The summed E-state index contributed by atoms with van der Waals surface area (Å²) in [5.74, 6) is 1.53. The van der Waals surface area contributed by atoms with Gasteiger partial charge in [0.15, 0.2) is 0 Å². The third-order valence-corrected chi connectivity index (χ3v) is 6.50. The molecular weight excluding hydrogens is 252 g/mol. The van der Waals surface area contributed by atoms with E-state index in [9.17, 15) is 9.90 Å². The quantitative estimate of drug-likeness (QED) is 0.805. The Morgan fingerprint density at radius 2 is 1.90 bits per heavy atom. The highest BCUT2D eigenvalue weighted by Crippen LogP contribution is 2.63. The Morgan fingerprint density at radius 1 is 1.30 bits per heavy atom. The summed E-state index contributed by atoms with van der Waals surface area (Å²) in [5, 5.41) is 10.7. The van der Waals surface area contributed by atoms with E-state index in [0.29, 0.717) is 18.4 Å². The van der Waals surface area contributed by atoms with E-state index >= 15 is 0 Å². The summed E-state index contributed by atoms with van der Waals surface area (Å²) in [5.41, 5.74) is -0.316. The normalized spacial score (nSPS) is 47.3. The second kappa shape index (κ2) is 4.72. The molecule has 4 rings (SSSR count). The van der Waals surface area contributed by atoms with E-state index in [1.165, 1.54) is 19.3 Å². The van der Waals surface area contributed by atoms with Gasteiger partial charge < -0.3 is 9.84 Å². The highest BCUT2D eigenvalue weighted by atomic mass is 16.5. The largest absolute Gasteiger partial charge is 0.465 e. The molecule has 3 unspecified atom stereocenters. The van der Waals surface area contributed by atoms with Crippen molar-refractivity contribution in [3.05, 3.63) is 0 Å². The number of hydrogen-bond acceptors (Lipinski definition) is 3. The van der Waals surface area contributed by atoms with Gasteiger partial charge in [0.1, 0.15) is 0 Å². The molecular formula is C17H28O3. The summed E-state index contributed by atoms with van der Waals surface area (Å²) < 4.78 is 5.63. The predicted molar refractivity (Wildman–Crippen MR) is 77.0 cm³/mol. The van der Waals surface area contributed by atoms with E-state index in [1.807, 2.05) is 20.8 Å². The minimum atomic E-state index is -0.485. The van der Waals surface area contributed by atoms with Crippen LogP contribution in [-0.2, 0) is 9.53 Å². The molecule has 4 fully saturated rings. The van der Waals surface area contributed by atoms with E-state index in [0.717, 1.165) is 25.2 Å². The van der Waals surface area contributed by atoms with Crippen LogP contribution >= 0.6 is 0 Å². The minimum Gasteiger partial charge on any atom is -0.465 e. The monoisotopic (exact) mass is 280 g/mol. The van der Waals surface area contributed by atoms with Gasteiger partial charge >= 0.3 is 5.97 Å². The topological polar surface area (TPSA) is 46.5 Å². The summed E-state index contributed by atoms with van der Waals surface area (Å²) in [4.78, 5) is 11.9. The molecule has 3 atom stereocenters. The molecule has 20 heavy (non-hydrogen) atoms. The highest BCUT2D eigenvalue weighted by Gasteiger charge is 2.60. The van der Waals surface area contributed by atoms with Crippen LogP contribution in [0.15, 0.2) is 0 Å². The van der Waals surface area contributed by atoms with Crippen molar-refractivity contribution in [2.45, 2.75) is 64.9 Å². The van der Waals surface area contributed by atoms with Crippen LogP contribution in [0.25, 0.3) is 0 Å². The second-order valence-electron chi connectivity index (χ2n) is 7.99. The summed E-state index contributed by atoms with van der Waals surface area (Å²) in [7, 11) is 0. The number of ether oxygens (including phenoxy) is 1. The van der Waals surface area contributed by atoms with Crippen molar-refractivity contribution in [1.29, 1.82) is 0 Å². The predicted octanol–water partition coefficient (Wildman–Crippen LogP) is 3.15. The molecule has 0 heterocycles. The molecule has 0 radical (unpaired) electrons. The highest BCUT2D eigenvalue weighted by molar-refractivity contribution is 5.71. The molecule has 4 bridgehead atoms. The first-order valence-corrected chi connectivity index (χ1v) is 8.25. The van der Waals surface area contributed by atoms with Gasteiger partial charge in [0.05, 0.1) is 18.1 Å². The van der Waals surface area contributed by atoms with Crippen molar-refractivity contribution in [2.24, 2.45) is 29.1 Å². The van der Waals surface area contributed by atoms with E-state index in [-0.39, 0.29) is 17.3 Å². The van der Waals surface area contributed by atoms with E-state index in [4.69, 9.17) is 4.74 Å². The molecule has 3 heteroatoms. The van der Waals surface area contributed by atoms with Crippen LogP contribution in [-0.4, -0.2) is 23.3 Å². The first-order chi connectivity index (χ1) is 9.36. The third-order valence-electron chi connectivity index (χ3n) is 6.50. The van der Waals surface area contributed by atoms with Crippen LogP contribution in [0.5, 0.6) is 0 Å². The van der Waals surface area contributed by atoms with Gasteiger partial charge in [-0.2, -0.15) is 0 Å². The molecule has 114 valence electrons. The number of carbonyl (C=O) groups is 1. The number of esters is 1. The van der Waals surface area contributed by atoms with Gasteiger partial charge in [-0.25, -0.2) is 0 Å². The minimum absolute atomic E-state index is 0.00650. The smallest absolute Gasteiger partial charge is 0.308 e. The molecule has 0 aliphatic heterocycles. The molecule has 0 aromatic heterocycles. The van der Waals surface area contributed by atoms with E-state index < -0.39 is 5.60 Å². The van der Waals surface area contributed by atoms with Gasteiger partial charge in [-0.3, -0.25) is 4.79 Å². The second-order valence-corrected chi connectivity index (χ2v) is 7.99. The fraction of sp³-hybridized carbons (Fsp3) is 0.941. The Bertz CT molecular complexity index is 383. The lowest BCUT2D eigenvalue weighted by atomic mass is 9.45. The van der Waals surface area contributed by atoms with Gasteiger partial charge in [0, 0.05) is 5.41 Å². The number of aliphatic hydroxyl groups is 1. The van der Waals surface area contributed by atoms with E-state index in [2.05, 4.69) is 0 Å². The van der Waals surface area contributed by atoms with Crippen molar-refractivity contribution in [2.75, 3.05) is 6.61 Å². The van der Waals surface area contributed by atoms with Gasteiger partial charge in [0.25, 0.3) is 0 Å². The average Bonchev–Trinajstić information content (AvgIpc) is 2.41. The Morgan fingerprint density at radius 3 is 2.45 bits per heavy atom. The number of rotatable bonds is 4. The molecule has 0 spiro atoms. The zero-order chi connectivity index (χ0) is 14.5. The van der Waals surface area contributed by atoms with E-state index in [1.54, 1.807) is 0 Å². The maximum Gasteiger partial charge on any atom is 0.308 e. The lowest BCUT2D eigenvalue weighted by Gasteiger charge is -2.62. The molecule has 4 aliphatic rings. The molecule has 0 aromatic rings. The standard InChI is InChI=1S/C17H28O3/c1-4-11(2)15(18)20-10-17-7-12-5-13(8-17)16(3,19)14(6-12)9-17/h11-14,19H,4-10H2,1-3H3. The van der Waals surface area contributed by atoms with Crippen molar-refractivity contribution in [3.8, 4) is 0 Å². The van der Waals surface area contributed by atoms with Crippen molar-refractivity contribution in [3.63, 3.8) is 0 Å². The lowest BCUT2D eigenvalue weighted by molar-refractivity contribution is -0.206. The zero-order valence-corrected chi connectivity index (χ0v) is 13.0. The van der Waals surface area contributed by atoms with Crippen LogP contribution in [0.4, 0.5) is 0 Å². The fourth-order valence-corrected chi connectivity index (χ4v) is 5.08. The lowest BCUT2D eigenvalue weighted by Crippen LogP contribution is -2.60. The molecule has 0 saturated heterocycles. The first kappa shape index (κ1) is 14.4. The summed E-state index contributed by atoms with van der Waals surface area (Å²) in [6, 6.07) is 0. The molecule has 0 amide bonds. The Kier molecular flexibility index (Phi) is 3.39.